The Morgan fingerprint density at radius 1 is 1.45 bits per heavy atom. The van der Waals surface area contributed by atoms with Gasteiger partial charge in [-0.2, -0.15) is 10.2 Å². The van der Waals surface area contributed by atoms with E-state index in [4.69, 9.17) is 23.2 Å². The molecule has 2 amide bonds. The number of halogens is 2. The Balaban J connectivity index is 2.09. The fourth-order valence-electron chi connectivity index (χ4n) is 1.55. The van der Waals surface area contributed by atoms with Crippen LogP contribution < -0.4 is 10.9 Å². The normalized spacial score (nSPS) is 18.1. The van der Waals surface area contributed by atoms with Gasteiger partial charge in [0, 0.05) is 16.8 Å². The molecule has 2 N–H and O–H groups in total. The Labute approximate surface area is 124 Å². The van der Waals surface area contributed by atoms with Gasteiger partial charge < -0.3 is 0 Å². The van der Waals surface area contributed by atoms with E-state index in [-0.39, 0.29) is 0 Å². The van der Waals surface area contributed by atoms with Gasteiger partial charge in [0.1, 0.15) is 0 Å². The van der Waals surface area contributed by atoms with Crippen molar-refractivity contribution in [1.82, 2.24) is 10.9 Å². The van der Waals surface area contributed by atoms with E-state index < -0.39 is 17.7 Å². The molecule has 0 radical (unpaired) electrons. The van der Waals surface area contributed by atoms with Crippen molar-refractivity contribution in [2.24, 2.45) is 16.1 Å². The molecule has 0 fully saturated rings. The zero-order chi connectivity index (χ0) is 14.7. The summed E-state index contributed by atoms with van der Waals surface area (Å²) in [7, 11) is 0. The van der Waals surface area contributed by atoms with Crippen LogP contribution in [0.15, 0.2) is 28.4 Å². The van der Waals surface area contributed by atoms with E-state index in [1.807, 2.05) is 0 Å². The molecule has 1 unspecified atom stereocenters. The lowest BCUT2D eigenvalue weighted by molar-refractivity contribution is -0.131. The number of carbonyl (C=O) groups excluding carboxylic acids is 2. The van der Waals surface area contributed by atoms with Gasteiger partial charge in [0.05, 0.1) is 10.7 Å². The third-order valence-electron chi connectivity index (χ3n) is 2.62. The lowest BCUT2D eigenvalue weighted by atomic mass is 10.1. The topological polar surface area (TPSA) is 82.9 Å². The predicted molar refractivity (Wildman–Crippen MR) is 76.9 cm³/mol. The van der Waals surface area contributed by atoms with Crippen molar-refractivity contribution in [2.45, 2.75) is 6.92 Å². The van der Waals surface area contributed by atoms with Gasteiger partial charge in [-0.15, -0.1) is 0 Å². The summed E-state index contributed by atoms with van der Waals surface area (Å²) < 4.78 is 0. The summed E-state index contributed by atoms with van der Waals surface area (Å²) in [5.41, 5.74) is 5.61. The quantitative estimate of drug-likeness (QED) is 0.504. The molecule has 1 atom stereocenters. The molecule has 1 aromatic carbocycles. The van der Waals surface area contributed by atoms with Crippen LogP contribution in [0.3, 0.4) is 0 Å². The average Bonchev–Trinajstić information content (AvgIpc) is 2.82. The van der Waals surface area contributed by atoms with Crippen molar-refractivity contribution in [3.05, 3.63) is 33.8 Å². The monoisotopic (exact) mass is 312 g/mol. The minimum atomic E-state index is -0.966. The molecule has 8 heteroatoms. The van der Waals surface area contributed by atoms with Gasteiger partial charge in [-0.05, 0) is 19.1 Å². The molecule has 104 valence electrons. The van der Waals surface area contributed by atoms with Gasteiger partial charge in [0.15, 0.2) is 5.92 Å². The van der Waals surface area contributed by atoms with Gasteiger partial charge in [-0.3, -0.25) is 9.59 Å². The predicted octanol–water partition coefficient (Wildman–Crippen LogP) is 1.57. The molecule has 0 aromatic heterocycles. The van der Waals surface area contributed by atoms with Gasteiger partial charge in [-0.1, -0.05) is 29.3 Å². The second kappa shape index (κ2) is 6.02. The Morgan fingerprint density at radius 3 is 2.80 bits per heavy atom. The first-order valence-corrected chi connectivity index (χ1v) is 6.37. The first-order valence-electron chi connectivity index (χ1n) is 5.61. The highest BCUT2D eigenvalue weighted by Crippen LogP contribution is 2.21. The molecule has 20 heavy (non-hydrogen) atoms. The van der Waals surface area contributed by atoms with E-state index in [2.05, 4.69) is 21.1 Å². The molecule has 1 heterocycles. The number of nitrogens with one attached hydrogen (secondary N) is 2. The van der Waals surface area contributed by atoms with E-state index in [0.717, 1.165) is 0 Å². The molecule has 0 aliphatic carbocycles. The van der Waals surface area contributed by atoms with Crippen LogP contribution in [0.1, 0.15) is 12.5 Å². The van der Waals surface area contributed by atoms with Crippen LogP contribution >= 0.6 is 23.2 Å². The Bertz CT molecular complexity index is 628. The molecular formula is C12H10Cl2N4O2. The number of hydrazone groups is 2. The van der Waals surface area contributed by atoms with Crippen LogP contribution in [0.25, 0.3) is 0 Å². The molecule has 0 saturated carbocycles. The number of carbonyl (C=O) groups is 2. The Kier molecular flexibility index (Phi) is 4.36. The Hall–Kier alpha value is -1.92. The van der Waals surface area contributed by atoms with Gasteiger partial charge in [0.2, 0.25) is 0 Å². The molecule has 2 rings (SSSR count). The second-order valence-corrected chi connectivity index (χ2v) is 4.87. The third-order valence-corrected chi connectivity index (χ3v) is 3.17. The van der Waals surface area contributed by atoms with Crippen LogP contribution in [-0.4, -0.2) is 23.7 Å². The van der Waals surface area contributed by atoms with Crippen molar-refractivity contribution in [3.8, 4) is 0 Å². The summed E-state index contributed by atoms with van der Waals surface area (Å²) in [5, 5.41) is 8.35. The van der Waals surface area contributed by atoms with E-state index in [1.54, 1.807) is 25.1 Å². The molecule has 0 bridgehead atoms. The number of hydrogen-bond acceptors (Lipinski definition) is 4. The molecule has 1 aliphatic heterocycles. The van der Waals surface area contributed by atoms with Gasteiger partial charge in [-0.25, -0.2) is 10.9 Å². The number of rotatable bonds is 3. The maximum Gasteiger partial charge on any atom is 0.258 e. The zero-order valence-electron chi connectivity index (χ0n) is 10.4. The first-order chi connectivity index (χ1) is 9.49. The summed E-state index contributed by atoms with van der Waals surface area (Å²) in [6.07, 6.45) is 1.22. The summed E-state index contributed by atoms with van der Waals surface area (Å²) in [4.78, 5) is 22.9. The maximum atomic E-state index is 11.7. The fraction of sp³-hybridized carbons (Fsp3) is 0.167. The summed E-state index contributed by atoms with van der Waals surface area (Å²) in [6, 6.07) is 4.94. The minimum absolute atomic E-state index is 0.424. The van der Waals surface area contributed by atoms with Crippen molar-refractivity contribution in [1.29, 1.82) is 0 Å². The van der Waals surface area contributed by atoms with E-state index >= 15 is 0 Å². The summed E-state index contributed by atoms with van der Waals surface area (Å²) >= 11 is 11.8. The van der Waals surface area contributed by atoms with Crippen LogP contribution in [0.4, 0.5) is 0 Å². The minimum Gasteiger partial charge on any atom is -0.272 e. The number of hydrogen-bond donors (Lipinski definition) is 2. The molecule has 6 nitrogen and oxygen atoms in total. The van der Waals surface area contributed by atoms with Crippen molar-refractivity contribution >= 4 is 46.9 Å². The number of amides is 2. The molecule has 1 aliphatic rings. The smallest absolute Gasteiger partial charge is 0.258 e. The molecule has 0 saturated heterocycles. The third kappa shape index (κ3) is 3.15. The van der Waals surface area contributed by atoms with Gasteiger partial charge >= 0.3 is 0 Å². The van der Waals surface area contributed by atoms with Crippen LogP contribution in [-0.2, 0) is 9.59 Å². The molecule has 1 aromatic rings. The second-order valence-electron chi connectivity index (χ2n) is 4.03. The molecule has 0 spiro atoms. The van der Waals surface area contributed by atoms with Crippen LogP contribution in [0, 0.1) is 5.92 Å². The zero-order valence-corrected chi connectivity index (χ0v) is 11.9. The lowest BCUT2D eigenvalue weighted by Gasteiger charge is -2.06. The Morgan fingerprint density at radius 2 is 2.20 bits per heavy atom. The van der Waals surface area contributed by atoms with E-state index in [1.165, 1.54) is 6.21 Å². The largest absolute Gasteiger partial charge is 0.272 e. The van der Waals surface area contributed by atoms with Crippen LogP contribution in [0.5, 0.6) is 0 Å². The van der Waals surface area contributed by atoms with Crippen molar-refractivity contribution in [2.75, 3.05) is 0 Å². The summed E-state index contributed by atoms with van der Waals surface area (Å²) in [6.45, 7) is 1.68. The standard InChI is InChI=1S/C12H10Cl2N4O2/c1-6(8-3-2-7(13)4-10(8)14)16-18-12(20)9-5-15-17-11(9)19/h2-5,9H,1H3,(H,17,19)(H,18,20). The van der Waals surface area contributed by atoms with Crippen LogP contribution in [0.2, 0.25) is 10.0 Å². The van der Waals surface area contributed by atoms with Crippen molar-refractivity contribution < 1.29 is 9.59 Å². The first kappa shape index (κ1) is 14.5. The van der Waals surface area contributed by atoms with Crippen molar-refractivity contribution in [3.63, 3.8) is 0 Å². The lowest BCUT2D eigenvalue weighted by Crippen LogP contribution is -2.34. The molecular weight excluding hydrogens is 303 g/mol. The highest BCUT2D eigenvalue weighted by Gasteiger charge is 2.28. The number of nitrogens with zero attached hydrogens (tertiary/aromatic N) is 2. The highest BCUT2D eigenvalue weighted by molar-refractivity contribution is 6.37. The number of benzene rings is 1. The summed E-state index contributed by atoms with van der Waals surface area (Å²) in [5.74, 6) is -2.01. The average molecular weight is 313 g/mol. The SMILES string of the molecule is CC(=NNC(=O)C1C=NNC1=O)c1ccc(Cl)cc1Cl. The van der Waals surface area contributed by atoms with Gasteiger partial charge in [0.25, 0.3) is 11.8 Å². The fourth-order valence-corrected chi connectivity index (χ4v) is 2.10. The maximum absolute atomic E-state index is 11.7. The highest BCUT2D eigenvalue weighted by atomic mass is 35.5. The van der Waals surface area contributed by atoms with E-state index in [0.29, 0.717) is 21.3 Å². The van der Waals surface area contributed by atoms with E-state index in [9.17, 15) is 9.59 Å².